The first-order valence-electron chi connectivity index (χ1n) is 8.17. The van der Waals surface area contributed by atoms with Crippen molar-refractivity contribution in [1.82, 2.24) is 29.5 Å². The maximum Gasteiger partial charge on any atom is 0.241 e. The Labute approximate surface area is 164 Å². The van der Waals surface area contributed by atoms with Crippen LogP contribution in [0.4, 0.5) is 0 Å². The van der Waals surface area contributed by atoms with E-state index in [1.807, 2.05) is 24.3 Å². The van der Waals surface area contributed by atoms with Crippen molar-refractivity contribution in [2.45, 2.75) is 13.1 Å². The SMILES string of the molecule is Clc1ccc(-c2noc(CN3CCN(Cc4nnsc4Cl)CC3)n2)cc1. The number of hydrogen-bond acceptors (Lipinski definition) is 8. The summed E-state index contributed by atoms with van der Waals surface area (Å²) in [6.07, 6.45) is 0. The molecule has 10 heteroatoms. The lowest BCUT2D eigenvalue weighted by Crippen LogP contribution is -2.45. The number of halogens is 2. The van der Waals surface area contributed by atoms with E-state index >= 15 is 0 Å². The molecule has 1 aliphatic heterocycles. The van der Waals surface area contributed by atoms with Crippen molar-refractivity contribution in [2.24, 2.45) is 0 Å². The lowest BCUT2D eigenvalue weighted by molar-refractivity contribution is 0.111. The summed E-state index contributed by atoms with van der Waals surface area (Å²) in [5.41, 5.74) is 1.75. The monoisotopic (exact) mass is 410 g/mol. The van der Waals surface area contributed by atoms with Crippen LogP contribution in [0, 0.1) is 0 Å². The number of nitrogens with zero attached hydrogens (tertiary/aromatic N) is 6. The van der Waals surface area contributed by atoms with Crippen LogP contribution in [-0.4, -0.2) is 55.7 Å². The molecule has 1 fully saturated rings. The molecule has 3 heterocycles. The highest BCUT2D eigenvalue weighted by Gasteiger charge is 2.21. The highest BCUT2D eigenvalue weighted by atomic mass is 35.5. The third-order valence-electron chi connectivity index (χ3n) is 4.28. The zero-order chi connectivity index (χ0) is 17.9. The summed E-state index contributed by atoms with van der Waals surface area (Å²) in [4.78, 5) is 9.11. The van der Waals surface area contributed by atoms with E-state index in [2.05, 4.69) is 29.5 Å². The lowest BCUT2D eigenvalue weighted by atomic mass is 10.2. The fraction of sp³-hybridized carbons (Fsp3) is 0.375. The molecule has 3 aromatic rings. The van der Waals surface area contributed by atoms with E-state index < -0.39 is 0 Å². The zero-order valence-electron chi connectivity index (χ0n) is 13.8. The van der Waals surface area contributed by atoms with Crippen LogP contribution < -0.4 is 0 Å². The van der Waals surface area contributed by atoms with Gasteiger partial charge < -0.3 is 4.52 Å². The highest BCUT2D eigenvalue weighted by Crippen LogP contribution is 2.21. The van der Waals surface area contributed by atoms with Crippen molar-refractivity contribution < 1.29 is 4.52 Å². The van der Waals surface area contributed by atoms with E-state index in [0.29, 0.717) is 27.6 Å². The Hall–Kier alpha value is -1.58. The molecule has 1 aliphatic rings. The second-order valence-electron chi connectivity index (χ2n) is 6.06. The van der Waals surface area contributed by atoms with Crippen LogP contribution in [0.15, 0.2) is 28.8 Å². The summed E-state index contributed by atoms with van der Waals surface area (Å²) in [7, 11) is 0. The molecule has 0 saturated carbocycles. The van der Waals surface area contributed by atoms with Crippen LogP contribution in [-0.2, 0) is 13.1 Å². The molecule has 7 nitrogen and oxygen atoms in total. The van der Waals surface area contributed by atoms with E-state index in [4.69, 9.17) is 27.7 Å². The van der Waals surface area contributed by atoms with E-state index in [9.17, 15) is 0 Å². The first-order valence-corrected chi connectivity index (χ1v) is 9.70. The smallest absolute Gasteiger partial charge is 0.241 e. The molecule has 136 valence electrons. The van der Waals surface area contributed by atoms with Crippen molar-refractivity contribution in [3.8, 4) is 11.4 Å². The van der Waals surface area contributed by atoms with Gasteiger partial charge in [-0.15, -0.1) is 5.10 Å². The number of hydrogen-bond donors (Lipinski definition) is 0. The van der Waals surface area contributed by atoms with Crippen LogP contribution in [0.3, 0.4) is 0 Å². The summed E-state index contributed by atoms with van der Waals surface area (Å²) < 4.78 is 9.95. The molecule has 26 heavy (non-hydrogen) atoms. The van der Waals surface area contributed by atoms with E-state index in [0.717, 1.165) is 44.0 Å². The molecular formula is C16H16Cl2N6OS. The predicted molar refractivity (Wildman–Crippen MR) is 100 cm³/mol. The Morgan fingerprint density at radius 1 is 1.00 bits per heavy atom. The maximum atomic E-state index is 6.08. The molecule has 0 unspecified atom stereocenters. The van der Waals surface area contributed by atoms with Crippen molar-refractivity contribution in [3.63, 3.8) is 0 Å². The molecule has 0 atom stereocenters. The maximum absolute atomic E-state index is 6.08. The minimum absolute atomic E-state index is 0.584. The molecule has 1 aromatic carbocycles. The van der Waals surface area contributed by atoms with Crippen LogP contribution >= 0.6 is 34.7 Å². The van der Waals surface area contributed by atoms with Gasteiger partial charge in [-0.05, 0) is 24.3 Å². The average molecular weight is 411 g/mol. The average Bonchev–Trinajstić information content (AvgIpc) is 3.27. The van der Waals surface area contributed by atoms with Gasteiger partial charge in [0.2, 0.25) is 11.7 Å². The molecule has 0 bridgehead atoms. The molecule has 2 aromatic heterocycles. The number of piperazine rings is 1. The number of aromatic nitrogens is 4. The Morgan fingerprint density at radius 2 is 1.69 bits per heavy atom. The van der Waals surface area contributed by atoms with Crippen LogP contribution in [0.2, 0.25) is 9.36 Å². The normalized spacial score (nSPS) is 16.2. The minimum Gasteiger partial charge on any atom is -0.338 e. The Balaban J connectivity index is 1.31. The third kappa shape index (κ3) is 4.21. The van der Waals surface area contributed by atoms with E-state index in [-0.39, 0.29) is 0 Å². The van der Waals surface area contributed by atoms with Gasteiger partial charge >= 0.3 is 0 Å². The van der Waals surface area contributed by atoms with Crippen LogP contribution in [0.1, 0.15) is 11.6 Å². The van der Waals surface area contributed by atoms with Crippen molar-refractivity contribution >= 4 is 34.7 Å². The van der Waals surface area contributed by atoms with Gasteiger partial charge in [0.1, 0.15) is 10.0 Å². The summed E-state index contributed by atoms with van der Waals surface area (Å²) in [5.74, 6) is 1.20. The van der Waals surface area contributed by atoms with E-state index in [1.54, 1.807) is 0 Å². The first-order chi connectivity index (χ1) is 12.7. The molecule has 0 spiro atoms. The van der Waals surface area contributed by atoms with Gasteiger partial charge in [-0.25, -0.2) is 0 Å². The number of benzene rings is 1. The highest BCUT2D eigenvalue weighted by molar-refractivity contribution is 7.10. The fourth-order valence-electron chi connectivity index (χ4n) is 2.84. The van der Waals surface area contributed by atoms with Crippen LogP contribution in [0.25, 0.3) is 11.4 Å². The van der Waals surface area contributed by atoms with Gasteiger partial charge in [0.05, 0.1) is 6.54 Å². The molecule has 0 amide bonds. The molecule has 0 aliphatic carbocycles. The molecule has 0 N–H and O–H groups in total. The zero-order valence-corrected chi connectivity index (χ0v) is 16.1. The predicted octanol–water partition coefficient (Wildman–Crippen LogP) is 3.21. The second kappa shape index (κ2) is 7.98. The summed E-state index contributed by atoms with van der Waals surface area (Å²) in [6.45, 7) is 5.11. The van der Waals surface area contributed by atoms with Gasteiger partial charge in [0.15, 0.2) is 0 Å². The van der Waals surface area contributed by atoms with Crippen molar-refractivity contribution in [3.05, 3.63) is 45.2 Å². The van der Waals surface area contributed by atoms with Gasteiger partial charge in [-0.1, -0.05) is 32.8 Å². The molecule has 4 rings (SSSR count). The minimum atomic E-state index is 0.584. The van der Waals surface area contributed by atoms with Crippen LogP contribution in [0.5, 0.6) is 0 Å². The van der Waals surface area contributed by atoms with Gasteiger partial charge in [0, 0.05) is 54.8 Å². The Bertz CT molecular complexity index is 860. The topological polar surface area (TPSA) is 71.2 Å². The summed E-state index contributed by atoms with van der Waals surface area (Å²) >= 11 is 13.2. The molecule has 1 saturated heterocycles. The Kier molecular flexibility index (Phi) is 5.46. The van der Waals surface area contributed by atoms with Crippen molar-refractivity contribution in [2.75, 3.05) is 26.2 Å². The quantitative estimate of drug-likeness (QED) is 0.639. The Morgan fingerprint density at radius 3 is 2.35 bits per heavy atom. The lowest BCUT2D eigenvalue weighted by Gasteiger charge is -2.33. The van der Waals surface area contributed by atoms with Gasteiger partial charge in [-0.3, -0.25) is 9.80 Å². The standard InChI is InChI=1S/C16H16Cl2N6OS/c17-12-3-1-11(2-4-12)16-19-14(25-21-16)10-24-7-5-23(6-8-24)9-13-15(18)26-22-20-13/h1-4H,5-10H2. The van der Waals surface area contributed by atoms with Gasteiger partial charge in [-0.2, -0.15) is 4.98 Å². The first kappa shape index (κ1) is 17.8. The summed E-state index contributed by atoms with van der Waals surface area (Å²) in [5, 5.41) is 8.82. The van der Waals surface area contributed by atoms with Crippen molar-refractivity contribution in [1.29, 1.82) is 0 Å². The molecular weight excluding hydrogens is 395 g/mol. The summed E-state index contributed by atoms with van der Waals surface area (Å²) in [6, 6.07) is 7.40. The van der Waals surface area contributed by atoms with E-state index in [1.165, 1.54) is 11.5 Å². The van der Waals surface area contributed by atoms with Gasteiger partial charge in [0.25, 0.3) is 0 Å². The third-order valence-corrected chi connectivity index (χ3v) is 5.51. The molecule has 0 radical (unpaired) electrons. The fourth-order valence-corrected chi connectivity index (χ4v) is 3.57. The number of rotatable bonds is 5. The largest absolute Gasteiger partial charge is 0.338 e. The second-order valence-corrected chi connectivity index (χ2v) is 7.86.